The van der Waals surface area contributed by atoms with Crippen molar-refractivity contribution in [1.29, 1.82) is 0 Å². The lowest BCUT2D eigenvalue weighted by Crippen LogP contribution is -2.34. The standard InChI is InChI=1S/C23H27N3O7/c1-23(2,3)33-21(27)24-12-11-18-14-25(22(28)32-18)17-9-10-19(26(29)30)20(13-17)31-15-16-7-5-4-6-8-16/h4-10,13,18H,11-12,14-15H2,1-3H3,(H,24,27)/t18-/m0/s1. The third kappa shape index (κ3) is 6.83. The average molecular weight is 457 g/mol. The van der Waals surface area contributed by atoms with Gasteiger partial charge in [0.15, 0.2) is 5.75 Å². The van der Waals surface area contributed by atoms with Crippen molar-refractivity contribution in [3.05, 3.63) is 64.2 Å². The fourth-order valence-corrected chi connectivity index (χ4v) is 3.20. The summed E-state index contributed by atoms with van der Waals surface area (Å²) in [7, 11) is 0. The number of anilines is 1. The number of cyclic esters (lactones) is 1. The molecule has 0 saturated carbocycles. The fraction of sp³-hybridized carbons (Fsp3) is 0.391. The summed E-state index contributed by atoms with van der Waals surface area (Å²) in [6.45, 7) is 5.97. The normalized spacial score (nSPS) is 15.7. The van der Waals surface area contributed by atoms with Gasteiger partial charge in [-0.25, -0.2) is 9.59 Å². The number of benzene rings is 2. The number of alkyl carbamates (subject to hydrolysis) is 1. The van der Waals surface area contributed by atoms with Crippen LogP contribution in [0.25, 0.3) is 0 Å². The SMILES string of the molecule is CC(C)(C)OC(=O)NCC[C@H]1CN(c2ccc([N+](=O)[O-])c(OCc3ccccc3)c2)C(=O)O1. The quantitative estimate of drug-likeness (QED) is 0.460. The van der Waals surface area contributed by atoms with E-state index in [2.05, 4.69) is 5.32 Å². The average Bonchev–Trinajstić information content (AvgIpc) is 3.11. The van der Waals surface area contributed by atoms with Crippen molar-refractivity contribution in [1.82, 2.24) is 5.32 Å². The number of carbonyl (C=O) groups is 2. The zero-order valence-electron chi connectivity index (χ0n) is 18.8. The highest BCUT2D eigenvalue weighted by Gasteiger charge is 2.33. The van der Waals surface area contributed by atoms with E-state index in [4.69, 9.17) is 14.2 Å². The minimum Gasteiger partial charge on any atom is -0.482 e. The van der Waals surface area contributed by atoms with Gasteiger partial charge in [0.25, 0.3) is 0 Å². The predicted octanol–water partition coefficient (Wildman–Crippen LogP) is 4.41. The van der Waals surface area contributed by atoms with E-state index in [0.29, 0.717) is 12.1 Å². The Kier molecular flexibility index (Phi) is 7.37. The minimum atomic E-state index is -0.600. The number of carbonyl (C=O) groups excluding carboxylic acids is 2. The Balaban J connectivity index is 1.63. The molecule has 2 aromatic rings. The monoisotopic (exact) mass is 457 g/mol. The molecule has 176 valence electrons. The molecule has 0 bridgehead atoms. The first-order valence-corrected chi connectivity index (χ1v) is 10.5. The van der Waals surface area contributed by atoms with Crippen LogP contribution in [0.5, 0.6) is 5.75 Å². The van der Waals surface area contributed by atoms with E-state index >= 15 is 0 Å². The molecule has 0 aliphatic carbocycles. The highest BCUT2D eigenvalue weighted by Crippen LogP contribution is 2.34. The largest absolute Gasteiger partial charge is 0.482 e. The van der Waals surface area contributed by atoms with Gasteiger partial charge >= 0.3 is 17.9 Å². The number of nitrogens with one attached hydrogen (secondary N) is 1. The number of nitro benzene ring substituents is 1. The summed E-state index contributed by atoms with van der Waals surface area (Å²) < 4.78 is 16.2. The van der Waals surface area contributed by atoms with Crippen molar-refractivity contribution in [2.45, 2.75) is 45.5 Å². The van der Waals surface area contributed by atoms with Gasteiger partial charge in [0, 0.05) is 25.1 Å². The topological polar surface area (TPSA) is 120 Å². The highest BCUT2D eigenvalue weighted by atomic mass is 16.6. The molecule has 1 heterocycles. The van der Waals surface area contributed by atoms with Crippen LogP contribution in [0.3, 0.4) is 0 Å². The molecule has 10 heteroatoms. The second-order valence-corrected chi connectivity index (χ2v) is 8.52. The molecular formula is C23H27N3O7. The number of hydrogen-bond acceptors (Lipinski definition) is 7. The van der Waals surface area contributed by atoms with Crippen LogP contribution < -0.4 is 15.0 Å². The third-order valence-corrected chi connectivity index (χ3v) is 4.70. The molecule has 0 spiro atoms. The number of rotatable bonds is 8. The fourth-order valence-electron chi connectivity index (χ4n) is 3.20. The van der Waals surface area contributed by atoms with Gasteiger partial charge < -0.3 is 19.5 Å². The lowest BCUT2D eigenvalue weighted by Gasteiger charge is -2.20. The second kappa shape index (κ2) is 10.2. The summed E-state index contributed by atoms with van der Waals surface area (Å²) in [4.78, 5) is 36.4. The minimum absolute atomic E-state index is 0.0594. The zero-order chi connectivity index (χ0) is 24.0. The number of ether oxygens (including phenoxy) is 3. The molecule has 1 fully saturated rings. The molecule has 0 unspecified atom stereocenters. The van der Waals surface area contributed by atoms with Crippen molar-refractivity contribution in [2.24, 2.45) is 0 Å². The highest BCUT2D eigenvalue weighted by molar-refractivity contribution is 5.90. The van der Waals surface area contributed by atoms with Gasteiger partial charge in [-0.3, -0.25) is 15.0 Å². The van der Waals surface area contributed by atoms with Gasteiger partial charge in [-0.05, 0) is 32.4 Å². The maximum Gasteiger partial charge on any atom is 0.414 e. The predicted molar refractivity (Wildman–Crippen MR) is 120 cm³/mol. The van der Waals surface area contributed by atoms with E-state index in [1.54, 1.807) is 20.8 Å². The van der Waals surface area contributed by atoms with Crippen LogP contribution in [-0.4, -0.2) is 41.9 Å². The first-order valence-electron chi connectivity index (χ1n) is 10.5. The van der Waals surface area contributed by atoms with E-state index in [9.17, 15) is 19.7 Å². The summed E-state index contributed by atoms with van der Waals surface area (Å²) in [5, 5.41) is 14.0. The van der Waals surface area contributed by atoms with Crippen molar-refractivity contribution >= 4 is 23.6 Å². The van der Waals surface area contributed by atoms with Crippen molar-refractivity contribution in [3.8, 4) is 5.75 Å². The first kappa shape index (κ1) is 23.8. The van der Waals surface area contributed by atoms with Crippen molar-refractivity contribution in [3.63, 3.8) is 0 Å². The third-order valence-electron chi connectivity index (χ3n) is 4.70. The molecule has 0 aromatic heterocycles. The summed E-state index contributed by atoms with van der Waals surface area (Å²) >= 11 is 0. The van der Waals surface area contributed by atoms with Crippen LogP contribution in [0.1, 0.15) is 32.8 Å². The van der Waals surface area contributed by atoms with Crippen LogP contribution >= 0.6 is 0 Å². The van der Waals surface area contributed by atoms with E-state index in [1.807, 2.05) is 30.3 Å². The van der Waals surface area contributed by atoms with Crippen LogP contribution in [0.4, 0.5) is 21.0 Å². The molecule has 1 aliphatic heterocycles. The lowest BCUT2D eigenvalue weighted by molar-refractivity contribution is -0.385. The summed E-state index contributed by atoms with van der Waals surface area (Å²) in [6, 6.07) is 13.5. The summed E-state index contributed by atoms with van der Waals surface area (Å²) in [6.07, 6.45) is -1.16. The molecule has 1 aliphatic rings. The van der Waals surface area contributed by atoms with E-state index in [-0.39, 0.29) is 31.1 Å². The van der Waals surface area contributed by atoms with Gasteiger partial charge in [0.1, 0.15) is 18.3 Å². The molecule has 10 nitrogen and oxygen atoms in total. The molecule has 0 radical (unpaired) electrons. The van der Waals surface area contributed by atoms with E-state index < -0.39 is 28.8 Å². The van der Waals surface area contributed by atoms with Gasteiger partial charge in [-0.2, -0.15) is 0 Å². The number of nitro groups is 1. The van der Waals surface area contributed by atoms with Gasteiger partial charge in [0.2, 0.25) is 0 Å². The zero-order valence-corrected chi connectivity index (χ0v) is 18.8. The molecule has 1 atom stereocenters. The molecule has 33 heavy (non-hydrogen) atoms. The number of nitrogens with zero attached hydrogens (tertiary/aromatic N) is 2. The van der Waals surface area contributed by atoms with Crippen LogP contribution in [-0.2, 0) is 16.1 Å². The van der Waals surface area contributed by atoms with Gasteiger partial charge in [0.05, 0.1) is 17.2 Å². The second-order valence-electron chi connectivity index (χ2n) is 8.52. The maximum atomic E-state index is 12.4. The van der Waals surface area contributed by atoms with Crippen molar-refractivity contribution < 1.29 is 28.7 Å². The Hall–Kier alpha value is -3.82. The van der Waals surface area contributed by atoms with Crippen LogP contribution in [0, 0.1) is 10.1 Å². The smallest absolute Gasteiger partial charge is 0.414 e. The Bertz CT molecular complexity index is 1000. The molecular weight excluding hydrogens is 430 g/mol. The Labute approximate surface area is 191 Å². The van der Waals surface area contributed by atoms with Crippen molar-refractivity contribution in [2.75, 3.05) is 18.0 Å². The van der Waals surface area contributed by atoms with Gasteiger partial charge in [-0.1, -0.05) is 30.3 Å². The molecule has 2 aromatic carbocycles. The van der Waals surface area contributed by atoms with Crippen LogP contribution in [0.15, 0.2) is 48.5 Å². The Morgan fingerprint density at radius 2 is 1.97 bits per heavy atom. The van der Waals surface area contributed by atoms with Crippen LogP contribution in [0.2, 0.25) is 0 Å². The first-order chi connectivity index (χ1) is 15.6. The molecule has 1 N–H and O–H groups in total. The molecule has 3 rings (SSSR count). The maximum absolute atomic E-state index is 12.4. The van der Waals surface area contributed by atoms with E-state index in [1.165, 1.54) is 23.1 Å². The summed E-state index contributed by atoms with van der Waals surface area (Å²) in [5.41, 5.74) is 0.489. The molecule has 1 saturated heterocycles. The summed E-state index contributed by atoms with van der Waals surface area (Å²) in [5.74, 6) is 0.0594. The Morgan fingerprint density at radius 3 is 2.64 bits per heavy atom. The Morgan fingerprint density at radius 1 is 1.24 bits per heavy atom. The lowest BCUT2D eigenvalue weighted by atomic mass is 10.2. The number of hydrogen-bond donors (Lipinski definition) is 1. The number of amides is 2. The molecule has 2 amide bonds. The van der Waals surface area contributed by atoms with E-state index in [0.717, 1.165) is 5.56 Å². The van der Waals surface area contributed by atoms with Gasteiger partial charge in [-0.15, -0.1) is 0 Å².